The molecule has 0 spiro atoms. The molecular weight excluding hydrogens is 230 g/mol. The van der Waals surface area contributed by atoms with E-state index in [0.29, 0.717) is 5.92 Å². The molecular formula is C15H24ClN. The number of rotatable bonds is 4. The minimum atomic E-state index is 0. The van der Waals surface area contributed by atoms with Crippen LogP contribution < -0.4 is 5.32 Å². The summed E-state index contributed by atoms with van der Waals surface area (Å²) in [6.07, 6.45) is 5.54. The van der Waals surface area contributed by atoms with Crippen LogP contribution in [-0.2, 0) is 6.54 Å². The number of nitrogens with one attached hydrogen (secondary N) is 1. The Morgan fingerprint density at radius 2 is 1.71 bits per heavy atom. The summed E-state index contributed by atoms with van der Waals surface area (Å²) in [7, 11) is 0. The van der Waals surface area contributed by atoms with Crippen LogP contribution >= 0.6 is 12.4 Å². The molecule has 0 radical (unpaired) electrons. The zero-order chi connectivity index (χ0) is 11.4. The van der Waals surface area contributed by atoms with E-state index in [-0.39, 0.29) is 12.4 Å². The smallest absolute Gasteiger partial charge is 0.0208 e. The fourth-order valence-corrected chi connectivity index (χ4v) is 2.41. The number of hydrogen-bond donors (Lipinski definition) is 1. The van der Waals surface area contributed by atoms with Crippen LogP contribution in [0.4, 0.5) is 0 Å². The Kier molecular flexibility index (Phi) is 6.01. The Morgan fingerprint density at radius 1 is 1.12 bits per heavy atom. The summed E-state index contributed by atoms with van der Waals surface area (Å²) in [5.41, 5.74) is 2.85. The van der Waals surface area contributed by atoms with Crippen LogP contribution in [0.5, 0.6) is 0 Å². The number of hydrogen-bond acceptors (Lipinski definition) is 1. The van der Waals surface area contributed by atoms with Crippen LogP contribution in [0.2, 0.25) is 0 Å². The molecule has 0 saturated heterocycles. The number of benzene rings is 1. The van der Waals surface area contributed by atoms with E-state index in [9.17, 15) is 0 Å². The van der Waals surface area contributed by atoms with E-state index in [2.05, 4.69) is 43.4 Å². The zero-order valence-corrected chi connectivity index (χ0v) is 11.7. The van der Waals surface area contributed by atoms with Gasteiger partial charge in [-0.2, -0.15) is 0 Å². The van der Waals surface area contributed by atoms with Crippen molar-refractivity contribution in [3.8, 4) is 0 Å². The van der Waals surface area contributed by atoms with Crippen molar-refractivity contribution in [2.45, 2.75) is 58.0 Å². The third-order valence-electron chi connectivity index (χ3n) is 3.60. The van der Waals surface area contributed by atoms with Gasteiger partial charge >= 0.3 is 0 Å². The monoisotopic (exact) mass is 253 g/mol. The molecule has 2 heteroatoms. The number of halogens is 1. The molecule has 2 rings (SSSR count). The van der Waals surface area contributed by atoms with Gasteiger partial charge in [0.05, 0.1) is 0 Å². The van der Waals surface area contributed by atoms with Gasteiger partial charge in [0, 0.05) is 12.6 Å². The lowest BCUT2D eigenvalue weighted by Gasteiger charge is -2.12. The van der Waals surface area contributed by atoms with E-state index in [1.807, 2.05) is 0 Å². The maximum atomic E-state index is 3.65. The van der Waals surface area contributed by atoms with E-state index in [0.717, 1.165) is 12.6 Å². The van der Waals surface area contributed by atoms with Crippen LogP contribution in [0.25, 0.3) is 0 Å². The van der Waals surface area contributed by atoms with Gasteiger partial charge < -0.3 is 5.32 Å². The predicted octanol–water partition coefficient (Wildman–Crippen LogP) is 4.26. The van der Waals surface area contributed by atoms with Crippen LogP contribution in [0.1, 0.15) is 56.6 Å². The lowest BCUT2D eigenvalue weighted by atomic mass is 10.0. The molecule has 0 bridgehead atoms. The fraction of sp³-hybridized carbons (Fsp3) is 0.600. The highest BCUT2D eigenvalue weighted by atomic mass is 35.5. The van der Waals surface area contributed by atoms with Crippen molar-refractivity contribution in [1.82, 2.24) is 5.32 Å². The van der Waals surface area contributed by atoms with Crippen LogP contribution in [0.3, 0.4) is 0 Å². The second kappa shape index (κ2) is 7.03. The molecule has 96 valence electrons. The summed E-state index contributed by atoms with van der Waals surface area (Å²) in [6, 6.07) is 9.81. The lowest BCUT2D eigenvalue weighted by Crippen LogP contribution is -2.25. The molecule has 0 aliphatic heterocycles. The van der Waals surface area contributed by atoms with Gasteiger partial charge in [-0.3, -0.25) is 0 Å². The van der Waals surface area contributed by atoms with Crippen molar-refractivity contribution in [3.05, 3.63) is 35.4 Å². The van der Waals surface area contributed by atoms with Crippen molar-refractivity contribution >= 4 is 12.4 Å². The van der Waals surface area contributed by atoms with E-state index in [1.54, 1.807) is 0 Å². The minimum absolute atomic E-state index is 0. The molecule has 1 aliphatic carbocycles. The van der Waals surface area contributed by atoms with Crippen molar-refractivity contribution in [3.63, 3.8) is 0 Å². The maximum Gasteiger partial charge on any atom is 0.0208 e. The fourth-order valence-electron chi connectivity index (χ4n) is 2.41. The Bertz CT molecular complexity index is 312. The summed E-state index contributed by atoms with van der Waals surface area (Å²) >= 11 is 0. The average Bonchev–Trinajstić information content (AvgIpc) is 2.80. The zero-order valence-electron chi connectivity index (χ0n) is 10.9. The first-order valence-corrected chi connectivity index (χ1v) is 6.58. The molecule has 0 amide bonds. The molecule has 1 saturated carbocycles. The SMILES string of the molecule is CC(C)c1ccc(CNC2CCCC2)cc1.Cl. The molecule has 1 fully saturated rings. The largest absolute Gasteiger partial charge is 0.310 e. The molecule has 0 unspecified atom stereocenters. The van der Waals surface area contributed by atoms with Crippen molar-refractivity contribution < 1.29 is 0 Å². The molecule has 1 aromatic carbocycles. The molecule has 1 N–H and O–H groups in total. The van der Waals surface area contributed by atoms with Gasteiger partial charge in [-0.05, 0) is 29.9 Å². The quantitative estimate of drug-likeness (QED) is 0.845. The normalized spacial score (nSPS) is 16.2. The Morgan fingerprint density at radius 3 is 2.24 bits per heavy atom. The molecule has 0 heterocycles. The van der Waals surface area contributed by atoms with E-state index < -0.39 is 0 Å². The third-order valence-corrected chi connectivity index (χ3v) is 3.60. The Labute approximate surface area is 111 Å². The highest BCUT2D eigenvalue weighted by Gasteiger charge is 2.13. The second-order valence-electron chi connectivity index (χ2n) is 5.26. The second-order valence-corrected chi connectivity index (χ2v) is 5.26. The topological polar surface area (TPSA) is 12.0 Å². The predicted molar refractivity (Wildman–Crippen MR) is 76.9 cm³/mol. The van der Waals surface area contributed by atoms with Crippen molar-refractivity contribution in [1.29, 1.82) is 0 Å². The van der Waals surface area contributed by atoms with E-state index in [4.69, 9.17) is 0 Å². The standard InChI is InChI=1S/C15H23N.ClH/c1-12(2)14-9-7-13(8-10-14)11-16-15-5-3-4-6-15;/h7-10,12,15-16H,3-6,11H2,1-2H3;1H. The van der Waals surface area contributed by atoms with E-state index >= 15 is 0 Å². The van der Waals surface area contributed by atoms with Crippen LogP contribution in [-0.4, -0.2) is 6.04 Å². The van der Waals surface area contributed by atoms with Crippen molar-refractivity contribution in [2.75, 3.05) is 0 Å². The maximum absolute atomic E-state index is 3.65. The molecule has 1 aliphatic rings. The van der Waals surface area contributed by atoms with Gasteiger partial charge in [-0.15, -0.1) is 12.4 Å². The first kappa shape index (κ1) is 14.5. The summed E-state index contributed by atoms with van der Waals surface area (Å²) < 4.78 is 0. The van der Waals surface area contributed by atoms with Gasteiger partial charge in [0.25, 0.3) is 0 Å². The molecule has 17 heavy (non-hydrogen) atoms. The van der Waals surface area contributed by atoms with Crippen molar-refractivity contribution in [2.24, 2.45) is 0 Å². The highest BCUT2D eigenvalue weighted by molar-refractivity contribution is 5.85. The van der Waals surface area contributed by atoms with Gasteiger partial charge in [-0.25, -0.2) is 0 Å². The van der Waals surface area contributed by atoms with Gasteiger partial charge in [0.1, 0.15) is 0 Å². The summed E-state index contributed by atoms with van der Waals surface area (Å²) in [5, 5.41) is 3.65. The van der Waals surface area contributed by atoms with Gasteiger partial charge in [0.2, 0.25) is 0 Å². The molecule has 1 nitrogen and oxygen atoms in total. The first-order valence-electron chi connectivity index (χ1n) is 6.58. The lowest BCUT2D eigenvalue weighted by molar-refractivity contribution is 0.524. The first-order chi connectivity index (χ1) is 7.75. The summed E-state index contributed by atoms with van der Waals surface area (Å²) in [4.78, 5) is 0. The van der Waals surface area contributed by atoms with Crippen LogP contribution in [0.15, 0.2) is 24.3 Å². The van der Waals surface area contributed by atoms with Gasteiger partial charge in [0.15, 0.2) is 0 Å². The molecule has 1 aromatic rings. The summed E-state index contributed by atoms with van der Waals surface area (Å²) in [6.45, 7) is 5.51. The molecule has 0 aromatic heterocycles. The Hall–Kier alpha value is -0.530. The third kappa shape index (κ3) is 4.33. The van der Waals surface area contributed by atoms with Gasteiger partial charge in [-0.1, -0.05) is 51.0 Å². The average molecular weight is 254 g/mol. The van der Waals surface area contributed by atoms with E-state index in [1.165, 1.54) is 36.8 Å². The summed E-state index contributed by atoms with van der Waals surface area (Å²) in [5.74, 6) is 0.636. The Balaban J connectivity index is 0.00000144. The molecule has 0 atom stereocenters. The van der Waals surface area contributed by atoms with Crippen LogP contribution in [0, 0.1) is 0 Å². The minimum Gasteiger partial charge on any atom is -0.310 e. The highest BCUT2D eigenvalue weighted by Crippen LogP contribution is 2.19.